The number of benzene rings is 2. The molecule has 1 fully saturated rings. The van der Waals surface area contributed by atoms with Crippen molar-refractivity contribution >= 4 is 34.2 Å². The number of rotatable bonds is 6. The number of fused-ring (bicyclic) bond motifs is 1. The summed E-state index contributed by atoms with van der Waals surface area (Å²) in [4.78, 5) is 32.4. The van der Waals surface area contributed by atoms with E-state index >= 15 is 0 Å². The SMILES string of the molecule is COC(=O)c1[nH]c2cccc(OC)c2c1NC(=O)CN1CCN(c2ccc(F)cc2)CC1. The lowest BCUT2D eigenvalue weighted by Gasteiger charge is -2.35. The van der Waals surface area contributed by atoms with E-state index in [1.807, 2.05) is 4.90 Å². The Morgan fingerprint density at radius 1 is 1.06 bits per heavy atom. The van der Waals surface area contributed by atoms with Gasteiger partial charge in [0.2, 0.25) is 5.91 Å². The first-order valence-electron chi connectivity index (χ1n) is 10.3. The second-order valence-corrected chi connectivity index (χ2v) is 7.54. The van der Waals surface area contributed by atoms with Crippen molar-refractivity contribution in [3.05, 3.63) is 54.0 Å². The zero-order valence-corrected chi connectivity index (χ0v) is 18.0. The lowest BCUT2D eigenvalue weighted by atomic mass is 10.2. The second-order valence-electron chi connectivity index (χ2n) is 7.54. The standard InChI is InChI=1S/C23H25FN4O4/c1-31-18-5-3-4-17-20(18)21(22(25-17)23(30)32-2)26-19(29)14-27-10-12-28(13-11-27)16-8-6-15(24)7-9-16/h3-9,25H,10-14H2,1-2H3,(H,26,29). The van der Waals surface area contributed by atoms with Crippen LogP contribution in [-0.4, -0.2) is 68.7 Å². The Hall–Kier alpha value is -3.59. The average molecular weight is 440 g/mol. The Balaban J connectivity index is 1.45. The van der Waals surface area contributed by atoms with E-state index in [2.05, 4.69) is 15.2 Å². The predicted molar refractivity (Wildman–Crippen MR) is 120 cm³/mol. The van der Waals surface area contributed by atoms with Gasteiger partial charge in [-0.3, -0.25) is 9.69 Å². The lowest BCUT2D eigenvalue weighted by Crippen LogP contribution is -2.48. The summed E-state index contributed by atoms with van der Waals surface area (Å²) in [5.41, 5.74) is 2.14. The van der Waals surface area contributed by atoms with Crippen LogP contribution in [0.3, 0.4) is 0 Å². The van der Waals surface area contributed by atoms with Crippen LogP contribution in [0.25, 0.3) is 10.9 Å². The summed E-state index contributed by atoms with van der Waals surface area (Å²) in [6, 6.07) is 11.8. The van der Waals surface area contributed by atoms with Crippen molar-refractivity contribution in [3.8, 4) is 5.75 Å². The number of amides is 1. The molecular weight excluding hydrogens is 415 g/mol. The van der Waals surface area contributed by atoms with Crippen LogP contribution in [0.1, 0.15) is 10.5 Å². The van der Waals surface area contributed by atoms with E-state index in [4.69, 9.17) is 9.47 Å². The van der Waals surface area contributed by atoms with Crippen LogP contribution in [0.4, 0.5) is 15.8 Å². The summed E-state index contributed by atoms with van der Waals surface area (Å²) in [6.45, 7) is 3.01. The van der Waals surface area contributed by atoms with Crippen LogP contribution in [0.2, 0.25) is 0 Å². The van der Waals surface area contributed by atoms with E-state index in [0.717, 1.165) is 18.8 Å². The Morgan fingerprint density at radius 2 is 1.78 bits per heavy atom. The number of aromatic amines is 1. The van der Waals surface area contributed by atoms with Crippen LogP contribution in [0.5, 0.6) is 5.75 Å². The van der Waals surface area contributed by atoms with Crippen molar-refractivity contribution < 1.29 is 23.5 Å². The van der Waals surface area contributed by atoms with Crippen molar-refractivity contribution in [2.75, 3.05) is 57.2 Å². The minimum Gasteiger partial charge on any atom is -0.496 e. The van der Waals surface area contributed by atoms with Crippen LogP contribution < -0.4 is 15.0 Å². The lowest BCUT2D eigenvalue weighted by molar-refractivity contribution is -0.117. The van der Waals surface area contributed by atoms with Gasteiger partial charge in [0.1, 0.15) is 17.3 Å². The molecule has 9 heteroatoms. The molecule has 0 radical (unpaired) electrons. The summed E-state index contributed by atoms with van der Waals surface area (Å²) in [5, 5.41) is 3.49. The number of nitrogens with zero attached hydrogens (tertiary/aromatic N) is 2. The first kappa shape index (κ1) is 21.6. The van der Waals surface area contributed by atoms with Gasteiger partial charge in [0.05, 0.1) is 37.4 Å². The highest BCUT2D eigenvalue weighted by molar-refractivity contribution is 6.13. The van der Waals surface area contributed by atoms with Gasteiger partial charge in [-0.25, -0.2) is 9.18 Å². The predicted octanol–water partition coefficient (Wildman–Crippen LogP) is 2.86. The van der Waals surface area contributed by atoms with Gasteiger partial charge in [0.25, 0.3) is 0 Å². The highest BCUT2D eigenvalue weighted by atomic mass is 19.1. The van der Waals surface area contributed by atoms with Crippen LogP contribution in [0.15, 0.2) is 42.5 Å². The largest absolute Gasteiger partial charge is 0.496 e. The number of halogens is 1. The van der Waals surface area contributed by atoms with E-state index < -0.39 is 5.97 Å². The van der Waals surface area contributed by atoms with E-state index in [9.17, 15) is 14.0 Å². The molecular formula is C23H25FN4O4. The van der Waals surface area contributed by atoms with Crippen molar-refractivity contribution in [3.63, 3.8) is 0 Å². The number of esters is 1. The summed E-state index contributed by atoms with van der Waals surface area (Å²) >= 11 is 0. The molecule has 0 saturated carbocycles. The number of carbonyl (C=O) groups excluding carboxylic acids is 2. The van der Waals surface area contributed by atoms with E-state index in [1.54, 1.807) is 30.3 Å². The normalized spacial score (nSPS) is 14.4. The number of H-pyrrole nitrogens is 1. The fourth-order valence-corrected chi connectivity index (χ4v) is 3.96. The molecule has 4 rings (SSSR count). The second kappa shape index (κ2) is 9.27. The maximum Gasteiger partial charge on any atom is 0.356 e. The molecule has 2 aromatic carbocycles. The van der Waals surface area contributed by atoms with Crippen LogP contribution in [0, 0.1) is 5.82 Å². The molecule has 0 spiro atoms. The molecule has 0 unspecified atom stereocenters. The average Bonchev–Trinajstić information content (AvgIpc) is 3.18. The van der Waals surface area contributed by atoms with E-state index in [1.165, 1.54) is 26.4 Å². The summed E-state index contributed by atoms with van der Waals surface area (Å²) in [6.07, 6.45) is 0. The Kier molecular flexibility index (Phi) is 6.27. The number of carbonyl (C=O) groups is 2. The number of piperazine rings is 1. The summed E-state index contributed by atoms with van der Waals surface area (Å²) in [7, 11) is 2.82. The molecule has 1 aliphatic rings. The van der Waals surface area contributed by atoms with Crippen LogP contribution in [-0.2, 0) is 9.53 Å². The number of methoxy groups -OCH3 is 2. The highest BCUT2D eigenvalue weighted by Gasteiger charge is 2.24. The Bertz CT molecular complexity index is 1120. The molecule has 1 aromatic heterocycles. The minimum absolute atomic E-state index is 0.168. The molecule has 3 aromatic rings. The number of hydrogen-bond donors (Lipinski definition) is 2. The third-order valence-corrected chi connectivity index (χ3v) is 5.59. The van der Waals surface area contributed by atoms with Crippen molar-refractivity contribution in [2.24, 2.45) is 0 Å². The Morgan fingerprint density at radius 3 is 2.44 bits per heavy atom. The molecule has 1 aliphatic heterocycles. The van der Waals surface area contributed by atoms with Gasteiger partial charge in [0.15, 0.2) is 0 Å². The van der Waals surface area contributed by atoms with Gasteiger partial charge in [-0.15, -0.1) is 0 Å². The number of ether oxygens (including phenoxy) is 2. The van der Waals surface area contributed by atoms with Crippen molar-refractivity contribution in [1.29, 1.82) is 0 Å². The molecule has 0 atom stereocenters. The topological polar surface area (TPSA) is 86.9 Å². The van der Waals surface area contributed by atoms with Gasteiger partial charge in [-0.05, 0) is 36.4 Å². The van der Waals surface area contributed by atoms with Gasteiger partial charge in [-0.1, -0.05) is 6.07 Å². The van der Waals surface area contributed by atoms with E-state index in [0.29, 0.717) is 35.4 Å². The van der Waals surface area contributed by atoms with Crippen LogP contribution >= 0.6 is 0 Å². The minimum atomic E-state index is -0.577. The number of aromatic nitrogens is 1. The zero-order valence-electron chi connectivity index (χ0n) is 18.0. The molecule has 2 N–H and O–H groups in total. The molecule has 8 nitrogen and oxygen atoms in total. The van der Waals surface area contributed by atoms with Gasteiger partial charge >= 0.3 is 5.97 Å². The van der Waals surface area contributed by atoms with E-state index in [-0.39, 0.29) is 24.0 Å². The fraction of sp³-hybridized carbons (Fsp3) is 0.304. The fourth-order valence-electron chi connectivity index (χ4n) is 3.96. The maximum atomic E-state index is 13.2. The van der Waals surface area contributed by atoms with Gasteiger partial charge < -0.3 is 24.7 Å². The number of nitrogens with one attached hydrogen (secondary N) is 2. The molecule has 32 heavy (non-hydrogen) atoms. The first-order valence-corrected chi connectivity index (χ1v) is 10.3. The third-order valence-electron chi connectivity index (χ3n) is 5.59. The zero-order chi connectivity index (χ0) is 22.7. The molecule has 0 aliphatic carbocycles. The quantitative estimate of drug-likeness (QED) is 0.574. The monoisotopic (exact) mass is 440 g/mol. The number of anilines is 2. The molecule has 0 bridgehead atoms. The molecule has 2 heterocycles. The van der Waals surface area contributed by atoms with Gasteiger partial charge in [0, 0.05) is 31.9 Å². The summed E-state index contributed by atoms with van der Waals surface area (Å²) < 4.78 is 23.4. The molecule has 1 saturated heterocycles. The first-order chi connectivity index (χ1) is 15.5. The molecule has 168 valence electrons. The maximum absolute atomic E-state index is 13.2. The van der Waals surface area contributed by atoms with Crippen molar-refractivity contribution in [2.45, 2.75) is 0 Å². The third kappa shape index (κ3) is 4.38. The number of hydrogen-bond acceptors (Lipinski definition) is 6. The smallest absolute Gasteiger partial charge is 0.356 e. The van der Waals surface area contributed by atoms with Gasteiger partial charge in [-0.2, -0.15) is 0 Å². The highest BCUT2D eigenvalue weighted by Crippen LogP contribution is 2.35. The summed E-state index contributed by atoms with van der Waals surface area (Å²) in [5.74, 6) is -0.537. The Labute approximate surface area is 184 Å². The molecule has 1 amide bonds. The van der Waals surface area contributed by atoms with Crippen molar-refractivity contribution in [1.82, 2.24) is 9.88 Å².